The van der Waals surface area contributed by atoms with E-state index >= 15 is 0 Å². The maximum absolute atomic E-state index is 9.17. The van der Waals surface area contributed by atoms with Gasteiger partial charge in [-0.3, -0.25) is 0 Å². The minimum Gasteiger partial charge on any atom is -0.512 e. The van der Waals surface area contributed by atoms with Gasteiger partial charge in [0.05, 0.1) is 5.76 Å². The largest absolute Gasteiger partial charge is 0.512 e. The molecule has 0 atom stereocenters. The number of hydrogen-bond acceptors (Lipinski definition) is 2. The highest BCUT2D eigenvalue weighted by molar-refractivity contribution is 5.23. The molecule has 2 heteroatoms. The molecule has 0 heterocycles. The first-order chi connectivity index (χ1) is 6.18. The van der Waals surface area contributed by atoms with Crippen LogP contribution in [0.2, 0.25) is 0 Å². The van der Waals surface area contributed by atoms with Gasteiger partial charge in [-0.25, -0.2) is 0 Å². The molecule has 2 N–H and O–H groups in total. The number of rotatable bonds is 2. The van der Waals surface area contributed by atoms with E-state index < -0.39 is 0 Å². The molecule has 0 saturated carbocycles. The van der Waals surface area contributed by atoms with Crippen molar-refractivity contribution in [1.82, 2.24) is 5.32 Å². The molecule has 0 aromatic heterocycles. The first-order valence-electron chi connectivity index (χ1n) is 5.04. The maximum Gasteiger partial charge on any atom is 0.0946 e. The van der Waals surface area contributed by atoms with Gasteiger partial charge in [-0.05, 0) is 26.3 Å². The SMILES string of the molecule is CC.CC(C)NC1=CCCC(O)=C1. The van der Waals surface area contributed by atoms with Gasteiger partial charge in [0.2, 0.25) is 0 Å². The molecule has 0 saturated heterocycles. The second-order valence-corrected chi connectivity index (χ2v) is 3.13. The Bertz CT molecular complexity index is 192. The molecule has 0 unspecified atom stereocenters. The van der Waals surface area contributed by atoms with Crippen molar-refractivity contribution in [1.29, 1.82) is 0 Å². The van der Waals surface area contributed by atoms with Gasteiger partial charge in [0, 0.05) is 18.2 Å². The van der Waals surface area contributed by atoms with Crippen molar-refractivity contribution in [3.05, 3.63) is 23.6 Å². The van der Waals surface area contributed by atoms with Gasteiger partial charge in [0.25, 0.3) is 0 Å². The molecule has 13 heavy (non-hydrogen) atoms. The van der Waals surface area contributed by atoms with Crippen molar-refractivity contribution in [2.45, 2.75) is 46.6 Å². The molecule has 0 aromatic carbocycles. The van der Waals surface area contributed by atoms with E-state index in [9.17, 15) is 5.11 Å². The van der Waals surface area contributed by atoms with E-state index in [4.69, 9.17) is 0 Å². The second-order valence-electron chi connectivity index (χ2n) is 3.13. The molecule has 1 aliphatic carbocycles. The summed E-state index contributed by atoms with van der Waals surface area (Å²) in [6.07, 6.45) is 5.63. The number of nitrogens with one attached hydrogen (secondary N) is 1. The zero-order chi connectivity index (χ0) is 10.3. The molecule has 0 spiro atoms. The normalized spacial score (nSPS) is 15.5. The Morgan fingerprint density at radius 2 is 2.00 bits per heavy atom. The van der Waals surface area contributed by atoms with Crippen LogP contribution in [-0.2, 0) is 0 Å². The summed E-state index contributed by atoms with van der Waals surface area (Å²) in [5, 5.41) is 12.4. The van der Waals surface area contributed by atoms with E-state index in [1.165, 1.54) is 0 Å². The average molecular weight is 183 g/mol. The lowest BCUT2D eigenvalue weighted by Crippen LogP contribution is -2.21. The van der Waals surface area contributed by atoms with Crippen LogP contribution in [0.25, 0.3) is 0 Å². The van der Waals surface area contributed by atoms with Gasteiger partial charge >= 0.3 is 0 Å². The third-order valence-electron chi connectivity index (χ3n) is 1.54. The molecule has 1 rings (SSSR count). The van der Waals surface area contributed by atoms with Crippen molar-refractivity contribution >= 4 is 0 Å². The van der Waals surface area contributed by atoms with Crippen LogP contribution in [0.4, 0.5) is 0 Å². The van der Waals surface area contributed by atoms with E-state index in [0.29, 0.717) is 11.8 Å². The highest BCUT2D eigenvalue weighted by atomic mass is 16.3. The van der Waals surface area contributed by atoms with Crippen LogP contribution in [0.1, 0.15) is 40.5 Å². The molecule has 0 radical (unpaired) electrons. The lowest BCUT2D eigenvalue weighted by atomic mass is 10.1. The van der Waals surface area contributed by atoms with Crippen molar-refractivity contribution in [2.75, 3.05) is 0 Å². The van der Waals surface area contributed by atoms with E-state index in [2.05, 4.69) is 25.2 Å². The Kier molecular flexibility index (Phi) is 6.11. The van der Waals surface area contributed by atoms with Crippen LogP contribution < -0.4 is 5.32 Å². The van der Waals surface area contributed by atoms with Crippen molar-refractivity contribution in [3.8, 4) is 0 Å². The fraction of sp³-hybridized carbons (Fsp3) is 0.636. The molecule has 0 bridgehead atoms. The summed E-state index contributed by atoms with van der Waals surface area (Å²) < 4.78 is 0. The molecular formula is C11H21NO. The minimum absolute atomic E-state index is 0.434. The summed E-state index contributed by atoms with van der Waals surface area (Å²) in [6.45, 7) is 8.17. The zero-order valence-electron chi connectivity index (χ0n) is 9.09. The fourth-order valence-electron chi connectivity index (χ4n) is 1.12. The summed E-state index contributed by atoms with van der Waals surface area (Å²) in [7, 11) is 0. The molecule has 1 aliphatic rings. The fourth-order valence-corrected chi connectivity index (χ4v) is 1.12. The number of aliphatic hydroxyl groups is 1. The molecule has 0 aliphatic heterocycles. The van der Waals surface area contributed by atoms with Gasteiger partial charge in [0.15, 0.2) is 0 Å². The first-order valence-corrected chi connectivity index (χ1v) is 5.04. The standard InChI is InChI=1S/C9H15NO.C2H6/c1-7(2)10-8-4-3-5-9(11)6-8;1-2/h4,6-7,10-11H,3,5H2,1-2H3;1-2H3. The lowest BCUT2D eigenvalue weighted by molar-refractivity contribution is 0.385. The number of hydrogen-bond donors (Lipinski definition) is 2. The van der Waals surface area contributed by atoms with Crippen molar-refractivity contribution in [3.63, 3.8) is 0 Å². The Balaban J connectivity index is 0.000000671. The van der Waals surface area contributed by atoms with E-state index in [1.54, 1.807) is 6.08 Å². The van der Waals surface area contributed by atoms with E-state index in [1.807, 2.05) is 13.8 Å². The van der Waals surface area contributed by atoms with Gasteiger partial charge in [0.1, 0.15) is 0 Å². The lowest BCUT2D eigenvalue weighted by Gasteiger charge is -2.14. The summed E-state index contributed by atoms with van der Waals surface area (Å²) >= 11 is 0. The molecule has 2 nitrogen and oxygen atoms in total. The van der Waals surface area contributed by atoms with Crippen molar-refractivity contribution in [2.24, 2.45) is 0 Å². The second kappa shape index (κ2) is 6.58. The summed E-state index contributed by atoms with van der Waals surface area (Å²) in [6, 6.07) is 0.434. The summed E-state index contributed by atoms with van der Waals surface area (Å²) in [5.41, 5.74) is 1.05. The summed E-state index contributed by atoms with van der Waals surface area (Å²) in [4.78, 5) is 0. The van der Waals surface area contributed by atoms with Gasteiger partial charge < -0.3 is 10.4 Å². The van der Waals surface area contributed by atoms with Crippen LogP contribution in [0.3, 0.4) is 0 Å². The molecule has 0 aromatic rings. The zero-order valence-corrected chi connectivity index (χ0v) is 9.09. The average Bonchev–Trinajstić information content (AvgIpc) is 2.06. The highest BCUT2D eigenvalue weighted by Crippen LogP contribution is 2.12. The molecular weight excluding hydrogens is 162 g/mol. The van der Waals surface area contributed by atoms with Gasteiger partial charge in [-0.15, -0.1) is 0 Å². The van der Waals surface area contributed by atoms with Crippen LogP contribution in [0.5, 0.6) is 0 Å². The third kappa shape index (κ3) is 5.34. The van der Waals surface area contributed by atoms with Crippen LogP contribution in [0.15, 0.2) is 23.6 Å². The Morgan fingerprint density at radius 1 is 1.38 bits per heavy atom. The molecule has 0 fully saturated rings. The quantitative estimate of drug-likeness (QED) is 0.689. The Hall–Kier alpha value is -0.920. The third-order valence-corrected chi connectivity index (χ3v) is 1.54. The maximum atomic E-state index is 9.17. The summed E-state index contributed by atoms with van der Waals surface area (Å²) in [5.74, 6) is 0.482. The number of aliphatic hydroxyl groups excluding tert-OH is 1. The molecule has 0 amide bonds. The molecule has 76 valence electrons. The minimum atomic E-state index is 0.434. The topological polar surface area (TPSA) is 32.3 Å². The monoisotopic (exact) mass is 183 g/mol. The van der Waals surface area contributed by atoms with Crippen molar-refractivity contribution < 1.29 is 5.11 Å². The Labute approximate surface area is 81.4 Å². The predicted molar refractivity (Wildman–Crippen MR) is 57.6 cm³/mol. The van der Waals surface area contributed by atoms with Crippen LogP contribution in [-0.4, -0.2) is 11.1 Å². The van der Waals surface area contributed by atoms with Crippen LogP contribution in [0, 0.1) is 0 Å². The highest BCUT2D eigenvalue weighted by Gasteiger charge is 2.03. The number of allylic oxidation sites excluding steroid dienone is 3. The van der Waals surface area contributed by atoms with Crippen LogP contribution >= 0.6 is 0 Å². The van der Waals surface area contributed by atoms with Gasteiger partial charge in [-0.1, -0.05) is 19.9 Å². The van der Waals surface area contributed by atoms with Gasteiger partial charge in [-0.2, -0.15) is 0 Å². The predicted octanol–water partition coefficient (Wildman–Crippen LogP) is 3.13. The van der Waals surface area contributed by atoms with E-state index in [0.717, 1.165) is 18.5 Å². The first kappa shape index (κ1) is 12.1. The Morgan fingerprint density at radius 3 is 2.46 bits per heavy atom. The smallest absolute Gasteiger partial charge is 0.0946 e. The van der Waals surface area contributed by atoms with E-state index in [-0.39, 0.29) is 0 Å².